The van der Waals surface area contributed by atoms with Gasteiger partial charge in [-0.05, 0) is 43.2 Å². The summed E-state index contributed by atoms with van der Waals surface area (Å²) in [5, 5.41) is 0. The van der Waals surface area contributed by atoms with E-state index >= 15 is 0 Å². The summed E-state index contributed by atoms with van der Waals surface area (Å²) >= 11 is 0. The third-order valence-electron chi connectivity index (χ3n) is 5.69. The van der Waals surface area contributed by atoms with Gasteiger partial charge in [0, 0.05) is 5.92 Å². The molecule has 27 heavy (non-hydrogen) atoms. The van der Waals surface area contributed by atoms with Crippen molar-refractivity contribution >= 4 is 0 Å². The number of halogens is 4. The van der Waals surface area contributed by atoms with Crippen molar-refractivity contribution in [1.29, 1.82) is 0 Å². The van der Waals surface area contributed by atoms with Crippen LogP contribution in [0.1, 0.15) is 43.7 Å². The van der Waals surface area contributed by atoms with Crippen molar-refractivity contribution in [3.05, 3.63) is 29.1 Å². The SMILES string of the molecule is Cc1ccc(OCC2OCC(C3CCC(C)CC3)CO2)c(F)c1C(F)(F)F. The van der Waals surface area contributed by atoms with Crippen molar-refractivity contribution in [2.45, 2.75) is 52.0 Å². The lowest BCUT2D eigenvalue weighted by molar-refractivity contribution is -0.220. The van der Waals surface area contributed by atoms with Crippen LogP contribution in [0.25, 0.3) is 0 Å². The van der Waals surface area contributed by atoms with Crippen LogP contribution in [-0.2, 0) is 15.7 Å². The van der Waals surface area contributed by atoms with E-state index in [2.05, 4.69) is 6.92 Å². The van der Waals surface area contributed by atoms with Crippen molar-refractivity contribution < 1.29 is 31.8 Å². The second-order valence-corrected chi connectivity index (χ2v) is 7.75. The van der Waals surface area contributed by atoms with Crippen molar-refractivity contribution in [3.8, 4) is 5.75 Å². The van der Waals surface area contributed by atoms with Crippen LogP contribution in [0.3, 0.4) is 0 Å². The van der Waals surface area contributed by atoms with Crippen LogP contribution in [-0.4, -0.2) is 26.1 Å². The molecule has 0 bridgehead atoms. The minimum Gasteiger partial charge on any atom is -0.485 e. The highest BCUT2D eigenvalue weighted by molar-refractivity contribution is 5.38. The van der Waals surface area contributed by atoms with E-state index in [0.717, 1.165) is 5.92 Å². The van der Waals surface area contributed by atoms with Gasteiger partial charge in [0.2, 0.25) is 0 Å². The van der Waals surface area contributed by atoms with Gasteiger partial charge in [-0.2, -0.15) is 13.2 Å². The molecule has 7 heteroatoms. The Labute approximate surface area is 157 Å². The maximum Gasteiger partial charge on any atom is 0.419 e. The summed E-state index contributed by atoms with van der Waals surface area (Å²) in [7, 11) is 0. The minimum absolute atomic E-state index is 0.147. The number of ether oxygens (including phenoxy) is 3. The Morgan fingerprint density at radius 1 is 1.04 bits per heavy atom. The molecule has 1 aromatic rings. The van der Waals surface area contributed by atoms with Gasteiger partial charge in [-0.3, -0.25) is 0 Å². The van der Waals surface area contributed by atoms with Gasteiger partial charge < -0.3 is 14.2 Å². The van der Waals surface area contributed by atoms with Gasteiger partial charge >= 0.3 is 6.18 Å². The number of rotatable bonds is 4. The van der Waals surface area contributed by atoms with Crippen LogP contribution in [0.2, 0.25) is 0 Å². The second kappa shape index (κ2) is 8.35. The molecular formula is C20H26F4O3. The topological polar surface area (TPSA) is 27.7 Å². The first kappa shape index (κ1) is 20.4. The predicted octanol–water partition coefficient (Wildman–Crippen LogP) is 5.35. The molecule has 1 saturated carbocycles. The van der Waals surface area contributed by atoms with E-state index in [-0.39, 0.29) is 12.2 Å². The van der Waals surface area contributed by atoms with Crippen molar-refractivity contribution in [1.82, 2.24) is 0 Å². The molecule has 152 valence electrons. The number of benzene rings is 1. The zero-order valence-electron chi connectivity index (χ0n) is 15.7. The molecule has 2 aliphatic rings. The van der Waals surface area contributed by atoms with E-state index in [1.165, 1.54) is 44.7 Å². The van der Waals surface area contributed by atoms with E-state index in [1.807, 2.05) is 0 Å². The van der Waals surface area contributed by atoms with Gasteiger partial charge in [0.15, 0.2) is 17.9 Å². The van der Waals surface area contributed by atoms with Crippen LogP contribution in [0.5, 0.6) is 5.75 Å². The largest absolute Gasteiger partial charge is 0.485 e. The Morgan fingerprint density at radius 2 is 1.67 bits per heavy atom. The fourth-order valence-corrected chi connectivity index (χ4v) is 3.95. The van der Waals surface area contributed by atoms with Gasteiger partial charge in [0.1, 0.15) is 6.61 Å². The maximum atomic E-state index is 14.2. The normalized spacial score (nSPS) is 29.6. The average molecular weight is 390 g/mol. The number of hydrogen-bond acceptors (Lipinski definition) is 3. The third-order valence-corrected chi connectivity index (χ3v) is 5.69. The van der Waals surface area contributed by atoms with Gasteiger partial charge in [0.25, 0.3) is 0 Å². The number of alkyl halides is 3. The Kier molecular flexibility index (Phi) is 6.31. The zero-order valence-corrected chi connectivity index (χ0v) is 15.7. The molecule has 0 radical (unpaired) electrons. The standard InChI is InChI=1S/C20H26F4O3/c1-12-3-6-14(7-4-12)15-9-26-17(27-10-15)11-25-16-8-5-13(2)18(19(16)21)20(22,23)24/h5,8,12,14-15,17H,3-4,6-7,9-11H2,1-2H3. The molecule has 1 aliphatic carbocycles. The third kappa shape index (κ3) is 4.93. The summed E-state index contributed by atoms with van der Waals surface area (Å²) in [5.41, 5.74) is -1.47. The molecule has 0 spiro atoms. The summed E-state index contributed by atoms with van der Waals surface area (Å²) in [6.07, 6.45) is -0.665. The molecule has 0 atom stereocenters. The van der Waals surface area contributed by atoms with Gasteiger partial charge in [-0.15, -0.1) is 0 Å². The average Bonchev–Trinajstić information content (AvgIpc) is 2.61. The van der Waals surface area contributed by atoms with Crippen molar-refractivity contribution in [3.63, 3.8) is 0 Å². The van der Waals surface area contributed by atoms with E-state index in [1.54, 1.807) is 0 Å². The van der Waals surface area contributed by atoms with Crippen LogP contribution < -0.4 is 4.74 Å². The highest BCUT2D eigenvalue weighted by Gasteiger charge is 2.37. The van der Waals surface area contributed by atoms with E-state index < -0.39 is 29.6 Å². The molecule has 1 aromatic carbocycles. The Bertz CT molecular complexity index is 631. The van der Waals surface area contributed by atoms with Crippen LogP contribution in [0.15, 0.2) is 12.1 Å². The second-order valence-electron chi connectivity index (χ2n) is 7.75. The summed E-state index contributed by atoms with van der Waals surface area (Å²) in [4.78, 5) is 0. The smallest absolute Gasteiger partial charge is 0.419 e. The Morgan fingerprint density at radius 3 is 2.26 bits per heavy atom. The molecule has 1 aliphatic heterocycles. The molecule has 1 heterocycles. The molecule has 0 N–H and O–H groups in total. The first-order valence-corrected chi connectivity index (χ1v) is 9.48. The lowest BCUT2D eigenvalue weighted by atomic mass is 9.76. The first-order valence-electron chi connectivity index (χ1n) is 9.48. The summed E-state index contributed by atoms with van der Waals surface area (Å²) in [6.45, 7) is 4.42. The molecule has 3 nitrogen and oxygen atoms in total. The minimum atomic E-state index is -4.77. The van der Waals surface area contributed by atoms with Crippen molar-refractivity contribution in [2.75, 3.05) is 19.8 Å². The summed E-state index contributed by atoms with van der Waals surface area (Å²) < 4.78 is 69.7. The van der Waals surface area contributed by atoms with Gasteiger partial charge in [0.05, 0.1) is 18.8 Å². The lowest BCUT2D eigenvalue weighted by Crippen LogP contribution is -2.39. The fraction of sp³-hybridized carbons (Fsp3) is 0.700. The zero-order chi connectivity index (χ0) is 19.6. The molecule has 0 aromatic heterocycles. The van der Waals surface area contributed by atoms with E-state index in [4.69, 9.17) is 14.2 Å². The Balaban J connectivity index is 1.52. The van der Waals surface area contributed by atoms with Crippen LogP contribution >= 0.6 is 0 Å². The van der Waals surface area contributed by atoms with E-state index in [0.29, 0.717) is 25.0 Å². The maximum absolute atomic E-state index is 14.2. The van der Waals surface area contributed by atoms with Crippen molar-refractivity contribution in [2.24, 2.45) is 17.8 Å². The molecule has 0 unspecified atom stereocenters. The number of hydrogen-bond donors (Lipinski definition) is 0. The quantitative estimate of drug-likeness (QED) is 0.649. The summed E-state index contributed by atoms with van der Waals surface area (Å²) in [5.74, 6) is -0.136. The predicted molar refractivity (Wildman–Crippen MR) is 91.9 cm³/mol. The first-order chi connectivity index (χ1) is 12.8. The highest BCUT2D eigenvalue weighted by Crippen LogP contribution is 2.38. The lowest BCUT2D eigenvalue weighted by Gasteiger charge is -2.37. The number of aryl methyl sites for hydroxylation is 1. The summed E-state index contributed by atoms with van der Waals surface area (Å²) in [6, 6.07) is 2.40. The highest BCUT2D eigenvalue weighted by atomic mass is 19.4. The molecular weight excluding hydrogens is 364 g/mol. The Hall–Kier alpha value is -1.34. The van der Waals surface area contributed by atoms with E-state index in [9.17, 15) is 17.6 Å². The molecule has 3 rings (SSSR count). The molecule has 2 fully saturated rings. The molecule has 1 saturated heterocycles. The van der Waals surface area contributed by atoms with Gasteiger partial charge in [-0.25, -0.2) is 4.39 Å². The van der Waals surface area contributed by atoms with Crippen LogP contribution in [0.4, 0.5) is 17.6 Å². The molecule has 0 amide bonds. The van der Waals surface area contributed by atoms with Gasteiger partial charge in [-0.1, -0.05) is 25.8 Å². The van der Waals surface area contributed by atoms with Crippen LogP contribution in [0, 0.1) is 30.5 Å². The fourth-order valence-electron chi connectivity index (χ4n) is 3.95. The monoisotopic (exact) mass is 390 g/mol.